The van der Waals surface area contributed by atoms with Crippen molar-refractivity contribution in [2.75, 3.05) is 97.2 Å². The van der Waals surface area contributed by atoms with Gasteiger partial charge in [-0.15, -0.1) is 0 Å². The molecule has 0 unspecified atom stereocenters. The van der Waals surface area contributed by atoms with E-state index in [1.54, 1.807) is 90.9 Å². The van der Waals surface area contributed by atoms with E-state index in [0.29, 0.717) is 135 Å². The SMILES string of the molecule is COC(=O)C[C@H](C(=O)N1CCC[C@H]1C(=O)Nc1ccc([C@H]2CC[C@H](c3ccc(NC(=O)[C@@H]4CCCN4C(=O)[C@@H](CC(=O)OC)C(C)C)c(N)c3)N2c2ccc(Cl)c(F)c2)cc1N)C(C)C.COC(=O)C[C@H](C(=O)N1CCC[C@H]1C(=O)Nc1ccc([C@H]2CC[C@H](c3ccc(NC(=O)[C@@H]4CCCN4C(=O)[C@@H](CC(=O)OC)C(C)C)c([N+](=O)[O-])c3)N2c2ccc(Cl)c(F)c2)cc1[N+](=O)[O-])C(C)C. The van der Waals surface area contributed by atoms with E-state index in [0.717, 1.165) is 11.1 Å². The molecule has 38 heteroatoms. The van der Waals surface area contributed by atoms with Gasteiger partial charge < -0.3 is 81.1 Å². The number of nitrogens with zero attached hydrogens (tertiary/aromatic N) is 8. The van der Waals surface area contributed by atoms with Crippen LogP contribution in [0.25, 0.3) is 0 Å². The number of carbonyl (C=O) groups excluding carboxylic acids is 12. The number of hydrogen-bond donors (Lipinski definition) is 6. The topological polar surface area (TPSA) is 448 Å². The molecule has 6 aliphatic heterocycles. The molecule has 0 radical (unpaired) electrons. The van der Waals surface area contributed by atoms with E-state index in [9.17, 15) is 77.8 Å². The molecule has 134 heavy (non-hydrogen) atoms. The highest BCUT2D eigenvalue weighted by Gasteiger charge is 2.47. The average Bonchev–Trinajstić information content (AvgIpc) is 1.60. The third-order valence-electron chi connectivity index (χ3n) is 26.6. The molecule has 0 aromatic heterocycles. The lowest BCUT2D eigenvalue weighted by molar-refractivity contribution is -0.384. The number of amides is 8. The van der Waals surface area contributed by atoms with Gasteiger partial charge in [0.2, 0.25) is 47.3 Å². The fraction of sp³-hybridized carbons (Fsp3) is 0.500. The molecule has 6 aromatic carbocycles. The van der Waals surface area contributed by atoms with Gasteiger partial charge in [-0.05, 0) is 196 Å². The second kappa shape index (κ2) is 45.0. The van der Waals surface area contributed by atoms with E-state index in [-0.39, 0.29) is 120 Å². The molecule has 8 amide bonds. The Morgan fingerprint density at radius 3 is 0.836 bits per heavy atom. The minimum absolute atomic E-state index is 0.0221. The normalized spacial score (nSPS) is 20.2. The van der Waals surface area contributed by atoms with E-state index in [2.05, 4.69) is 26.2 Å². The standard InChI is InChI=1S/C48H57ClFN7O12.C48H61ClFN7O8/c1-26(2)31(24-43(58)68-5)47(62)53-19-7-9-39(53)45(60)51-35-15-11-28(21-41(35)56(64)65)37-17-18-38(55(37)30-13-14-33(49)34(50)23-30)29-12-16-36(42(22-29)57(66)67)52-46(61)40-10-8-20-54(40)48(63)32(27(3)4)25-44(59)69-6;1-26(2)31(24-43(58)64-5)47(62)55-19-7-9-41(55)45(60)53-37-15-11-28(21-35(37)51)39-17-18-40(57(39)30-13-14-33(49)34(50)23-30)29-12-16-38(36(52)22-29)54-46(61)42-10-8-20-56(42)48(63)32(27(3)4)25-44(59)65-6/h11-16,21-23,26-27,31-32,37-40H,7-10,17-20,24-25H2,1-6H3,(H,51,60)(H,52,61);11-16,21-23,26-27,31-32,39-42H,7-10,17-20,24-25,51-52H2,1-6H3,(H,53,60)(H,54,61)/t31-,32-,37+,38+,39-,40-;31-,32-,39+,40+,41-,42-/m00/s1. The maximum atomic E-state index is 15.2. The molecule has 720 valence electrons. The Morgan fingerprint density at radius 1 is 0.373 bits per heavy atom. The first kappa shape index (κ1) is 102. The number of nitro benzene ring substituents is 2. The Balaban J connectivity index is 0.000000258. The van der Waals surface area contributed by atoms with Crippen molar-refractivity contribution in [2.24, 2.45) is 47.3 Å². The number of rotatable bonds is 32. The highest BCUT2D eigenvalue weighted by molar-refractivity contribution is 6.31. The van der Waals surface area contributed by atoms with Crippen LogP contribution in [-0.4, -0.2) is 179 Å². The van der Waals surface area contributed by atoms with Crippen molar-refractivity contribution >= 4 is 151 Å². The summed E-state index contributed by atoms with van der Waals surface area (Å²) < 4.78 is 49.5. The Bertz CT molecular complexity index is 5180. The van der Waals surface area contributed by atoms with E-state index in [1.807, 2.05) is 39.8 Å². The molecule has 6 aromatic rings. The number of nitro groups is 2. The molecule has 12 rings (SSSR count). The van der Waals surface area contributed by atoms with E-state index in [1.165, 1.54) is 86.8 Å². The van der Waals surface area contributed by atoms with Crippen LogP contribution in [0.15, 0.2) is 109 Å². The number of esters is 4. The van der Waals surface area contributed by atoms with Crippen LogP contribution in [0.3, 0.4) is 0 Å². The summed E-state index contributed by atoms with van der Waals surface area (Å²) in [6.45, 7) is 15.9. The van der Waals surface area contributed by atoms with E-state index in [4.69, 9.17) is 53.6 Å². The molecule has 12 atom stereocenters. The summed E-state index contributed by atoms with van der Waals surface area (Å²) in [7, 11) is 5.02. The number of anilines is 8. The van der Waals surface area contributed by atoms with E-state index >= 15 is 8.78 Å². The van der Waals surface area contributed by atoms with Crippen LogP contribution in [-0.2, 0) is 76.5 Å². The maximum Gasteiger partial charge on any atom is 0.306 e. The third kappa shape index (κ3) is 23.4. The van der Waals surface area contributed by atoms with Crippen LogP contribution in [0.5, 0.6) is 0 Å². The Morgan fingerprint density at radius 2 is 0.612 bits per heavy atom. The minimum atomic E-state index is -0.950. The molecule has 6 heterocycles. The first-order chi connectivity index (χ1) is 63.7. The smallest absolute Gasteiger partial charge is 0.306 e. The molecule has 34 nitrogen and oxygen atoms in total. The zero-order valence-electron chi connectivity index (χ0n) is 77.2. The summed E-state index contributed by atoms with van der Waals surface area (Å²) in [6, 6.07) is 22.8. The van der Waals surface area contributed by atoms with E-state index < -0.39 is 140 Å². The summed E-state index contributed by atoms with van der Waals surface area (Å²) in [5.74, 6) is -10.3. The lowest BCUT2D eigenvalue weighted by atomic mass is 9.90. The number of nitrogens with one attached hydrogen (secondary N) is 4. The number of benzene rings is 6. The van der Waals surface area contributed by atoms with Gasteiger partial charge >= 0.3 is 23.9 Å². The molecule has 0 saturated carbocycles. The zero-order chi connectivity index (χ0) is 97.7. The molecule has 6 fully saturated rings. The highest BCUT2D eigenvalue weighted by Crippen LogP contribution is 2.52. The van der Waals surface area contributed by atoms with Gasteiger partial charge in [-0.3, -0.25) is 77.8 Å². The van der Waals surface area contributed by atoms with Gasteiger partial charge in [0, 0.05) is 49.7 Å². The van der Waals surface area contributed by atoms with Crippen molar-refractivity contribution in [3.8, 4) is 0 Å². The number of nitrogen functional groups attached to an aromatic ring is 2. The van der Waals surface area contributed by atoms with Crippen LogP contribution in [0, 0.1) is 79.2 Å². The Labute approximate surface area is 786 Å². The van der Waals surface area contributed by atoms with Gasteiger partial charge in [0.05, 0.1) is 145 Å². The predicted octanol–water partition coefficient (Wildman–Crippen LogP) is 15.2. The first-order valence-corrected chi connectivity index (χ1v) is 46.0. The minimum Gasteiger partial charge on any atom is -0.469 e. The number of carbonyl (C=O) groups is 12. The van der Waals surface area contributed by atoms with Crippen molar-refractivity contribution in [1.82, 2.24) is 19.6 Å². The molecule has 6 aliphatic rings. The lowest BCUT2D eigenvalue weighted by Crippen LogP contribution is -2.47. The van der Waals surface area contributed by atoms with Crippen LogP contribution in [0.4, 0.5) is 65.7 Å². The maximum absolute atomic E-state index is 15.2. The van der Waals surface area contributed by atoms with Gasteiger partial charge in [-0.25, -0.2) is 8.78 Å². The van der Waals surface area contributed by atoms with Crippen molar-refractivity contribution in [3.05, 3.63) is 173 Å². The Kier molecular flexibility index (Phi) is 34.2. The van der Waals surface area contributed by atoms with Crippen molar-refractivity contribution in [1.29, 1.82) is 0 Å². The van der Waals surface area contributed by atoms with Crippen molar-refractivity contribution < 1.29 is 95.1 Å². The monoisotopic (exact) mass is 1890 g/mol. The molecule has 0 bridgehead atoms. The Hall–Kier alpha value is -12.6. The second-order valence-corrected chi connectivity index (χ2v) is 37.0. The van der Waals surface area contributed by atoms with Gasteiger partial charge in [0.25, 0.3) is 11.4 Å². The number of halogens is 4. The largest absolute Gasteiger partial charge is 0.469 e. The summed E-state index contributed by atoms with van der Waals surface area (Å²) in [5, 5.41) is 36.3. The number of hydrogen-bond acceptors (Lipinski definition) is 24. The van der Waals surface area contributed by atoms with Crippen molar-refractivity contribution in [2.45, 2.75) is 206 Å². The van der Waals surface area contributed by atoms with Gasteiger partial charge in [0.15, 0.2) is 0 Å². The predicted molar refractivity (Wildman–Crippen MR) is 498 cm³/mol. The number of nitrogens with two attached hydrogens (primary N) is 2. The third-order valence-corrected chi connectivity index (χ3v) is 27.2. The second-order valence-electron chi connectivity index (χ2n) is 36.2. The number of likely N-dealkylation sites (tertiary alicyclic amines) is 4. The summed E-state index contributed by atoms with van der Waals surface area (Å²) in [4.78, 5) is 192. The molecule has 0 spiro atoms. The highest BCUT2D eigenvalue weighted by atomic mass is 35.5. The summed E-state index contributed by atoms with van der Waals surface area (Å²) in [6.07, 6.45) is 5.26. The lowest BCUT2D eigenvalue weighted by Gasteiger charge is -2.34. The van der Waals surface area contributed by atoms with Crippen LogP contribution in [0.2, 0.25) is 10.0 Å². The average molecular weight is 1900 g/mol. The van der Waals surface area contributed by atoms with Gasteiger partial charge in [0.1, 0.15) is 47.2 Å². The van der Waals surface area contributed by atoms with Gasteiger partial charge in [-0.1, -0.05) is 103 Å². The molecular formula is C96H118Cl2F2N14O20. The molecular weight excluding hydrogens is 1780 g/mol. The van der Waals surface area contributed by atoms with Gasteiger partial charge in [-0.2, -0.15) is 0 Å². The quantitative estimate of drug-likeness (QED) is 0.00751. The zero-order valence-corrected chi connectivity index (χ0v) is 78.7. The van der Waals surface area contributed by atoms with Crippen LogP contribution >= 0.6 is 23.2 Å². The molecule has 8 N–H and O–H groups in total. The first-order valence-electron chi connectivity index (χ1n) is 45.2. The number of ether oxygens (including phenoxy) is 4. The van der Waals surface area contributed by atoms with Crippen LogP contribution < -0.4 is 42.5 Å². The molecule has 0 aliphatic carbocycles. The molecule has 6 saturated heterocycles. The van der Waals surface area contributed by atoms with Crippen LogP contribution in [0.1, 0.15) is 205 Å². The summed E-state index contributed by atoms with van der Waals surface area (Å²) >= 11 is 12.2. The number of methoxy groups -OCH3 is 4. The fourth-order valence-electron chi connectivity index (χ4n) is 19.2. The fourth-order valence-corrected chi connectivity index (χ4v) is 19.4. The summed E-state index contributed by atoms with van der Waals surface area (Å²) in [5.41, 5.74) is 16.8. The van der Waals surface area contributed by atoms with Crippen molar-refractivity contribution in [3.63, 3.8) is 0 Å².